The molecular weight excluding hydrogens is 238 g/mol. The summed E-state index contributed by atoms with van der Waals surface area (Å²) < 4.78 is 10.9. The zero-order chi connectivity index (χ0) is 12.7. The smallest absolute Gasteiger partial charge is 0.234 e. The highest BCUT2D eigenvalue weighted by Crippen LogP contribution is 1.95. The van der Waals surface area contributed by atoms with E-state index < -0.39 is 10.8 Å². The van der Waals surface area contributed by atoms with Gasteiger partial charge in [0.15, 0.2) is 0 Å². The Balaban J connectivity index is 2.16. The fraction of sp³-hybridized carbons (Fsp3) is 0.909. The van der Waals surface area contributed by atoms with E-state index in [0.717, 1.165) is 32.6 Å². The maximum Gasteiger partial charge on any atom is 0.234 e. The van der Waals surface area contributed by atoms with Crippen molar-refractivity contribution in [2.24, 2.45) is 0 Å². The molecule has 1 fully saturated rings. The van der Waals surface area contributed by atoms with E-state index in [0.29, 0.717) is 12.3 Å². The van der Waals surface area contributed by atoms with Crippen LogP contribution in [0.4, 0.5) is 0 Å². The third-order valence-corrected chi connectivity index (χ3v) is 3.63. The zero-order valence-electron chi connectivity index (χ0n) is 10.7. The van der Waals surface area contributed by atoms with Crippen molar-refractivity contribution >= 4 is 16.7 Å². The largest absolute Gasteiger partial charge is 0.353 e. The van der Waals surface area contributed by atoms with Crippen molar-refractivity contribution in [3.8, 4) is 0 Å². The van der Waals surface area contributed by atoms with Crippen molar-refractivity contribution in [2.45, 2.75) is 19.4 Å². The number of piperazine rings is 1. The number of hydrogen-bond donors (Lipinski definition) is 2. The lowest BCUT2D eigenvalue weighted by molar-refractivity contribution is -0.123. The minimum atomic E-state index is -0.777. The van der Waals surface area contributed by atoms with Crippen molar-refractivity contribution in [3.63, 3.8) is 0 Å². The average molecular weight is 261 g/mol. The van der Waals surface area contributed by atoms with Crippen LogP contribution in [0.15, 0.2) is 0 Å². The molecule has 1 saturated heterocycles. The summed E-state index contributed by atoms with van der Waals surface area (Å²) in [5.41, 5.74) is 0. The molecule has 5 nitrogen and oxygen atoms in total. The van der Waals surface area contributed by atoms with Gasteiger partial charge in [0.05, 0.1) is 6.54 Å². The van der Waals surface area contributed by atoms with Gasteiger partial charge in [0.1, 0.15) is 0 Å². The number of nitrogens with zero attached hydrogens (tertiary/aromatic N) is 1. The lowest BCUT2D eigenvalue weighted by atomic mass is 10.2. The second-order valence-corrected chi connectivity index (χ2v) is 6.12. The molecule has 2 unspecified atom stereocenters. The van der Waals surface area contributed by atoms with E-state index in [4.69, 9.17) is 0 Å². The Labute approximate surface area is 106 Å². The third-order valence-electron chi connectivity index (χ3n) is 2.82. The summed E-state index contributed by atoms with van der Waals surface area (Å²) in [7, 11) is -0.777. The Hall–Kier alpha value is -0.460. The minimum Gasteiger partial charge on any atom is -0.353 e. The van der Waals surface area contributed by atoms with Crippen LogP contribution in [0.5, 0.6) is 0 Å². The molecule has 0 bridgehead atoms. The fourth-order valence-electron chi connectivity index (χ4n) is 1.81. The molecule has 100 valence electrons. The van der Waals surface area contributed by atoms with E-state index in [9.17, 15) is 9.00 Å². The topological polar surface area (TPSA) is 61.4 Å². The van der Waals surface area contributed by atoms with Gasteiger partial charge in [-0.25, -0.2) is 0 Å². The van der Waals surface area contributed by atoms with Crippen LogP contribution in [0.3, 0.4) is 0 Å². The van der Waals surface area contributed by atoms with Gasteiger partial charge < -0.3 is 10.6 Å². The highest BCUT2D eigenvalue weighted by molar-refractivity contribution is 7.84. The minimum absolute atomic E-state index is 0.0706. The molecule has 6 heteroatoms. The molecule has 2 N–H and O–H groups in total. The Morgan fingerprint density at radius 3 is 2.71 bits per heavy atom. The van der Waals surface area contributed by atoms with Crippen LogP contribution in [0.2, 0.25) is 0 Å². The second kappa shape index (κ2) is 7.79. The molecule has 0 aliphatic carbocycles. The number of carbonyl (C=O) groups is 1. The predicted octanol–water partition coefficient (Wildman–Crippen LogP) is -0.835. The highest BCUT2D eigenvalue weighted by atomic mass is 32.2. The molecule has 1 heterocycles. The molecule has 0 aromatic rings. The van der Waals surface area contributed by atoms with Gasteiger partial charge in [0, 0.05) is 55.0 Å². The molecule has 1 amide bonds. The summed E-state index contributed by atoms with van der Waals surface area (Å²) in [6.07, 6.45) is 2.46. The molecule has 0 aromatic heterocycles. The van der Waals surface area contributed by atoms with Crippen molar-refractivity contribution in [3.05, 3.63) is 0 Å². The van der Waals surface area contributed by atoms with E-state index in [1.807, 2.05) is 6.92 Å². The van der Waals surface area contributed by atoms with Crippen LogP contribution in [0.1, 0.15) is 13.3 Å². The summed E-state index contributed by atoms with van der Waals surface area (Å²) in [5, 5.41) is 6.20. The van der Waals surface area contributed by atoms with Gasteiger partial charge in [-0.15, -0.1) is 0 Å². The molecule has 1 aliphatic heterocycles. The molecule has 1 aliphatic rings. The van der Waals surface area contributed by atoms with Crippen molar-refractivity contribution in [1.29, 1.82) is 0 Å². The first-order valence-corrected chi connectivity index (χ1v) is 7.83. The van der Waals surface area contributed by atoms with Crippen LogP contribution < -0.4 is 10.6 Å². The number of rotatable bonds is 6. The van der Waals surface area contributed by atoms with E-state index in [1.165, 1.54) is 0 Å². The summed E-state index contributed by atoms with van der Waals surface area (Å²) in [4.78, 5) is 13.9. The number of amides is 1. The predicted molar refractivity (Wildman–Crippen MR) is 70.5 cm³/mol. The van der Waals surface area contributed by atoms with Crippen LogP contribution in [0.25, 0.3) is 0 Å². The van der Waals surface area contributed by atoms with E-state index in [1.54, 1.807) is 6.26 Å². The molecule has 0 aromatic carbocycles. The molecule has 0 radical (unpaired) electrons. The summed E-state index contributed by atoms with van der Waals surface area (Å²) in [6, 6.07) is 0.106. The first-order chi connectivity index (χ1) is 8.08. The van der Waals surface area contributed by atoms with Gasteiger partial charge in [-0.05, 0) is 13.3 Å². The van der Waals surface area contributed by atoms with Gasteiger partial charge in [0.25, 0.3) is 0 Å². The number of nitrogens with one attached hydrogen (secondary N) is 2. The lowest BCUT2D eigenvalue weighted by Crippen LogP contribution is -2.48. The zero-order valence-corrected chi connectivity index (χ0v) is 11.5. The SMILES string of the molecule is CC(CCS(C)=O)NC(=O)CN1CCNCC1. The Bertz CT molecular complexity index is 267. The molecule has 0 saturated carbocycles. The van der Waals surface area contributed by atoms with Crippen LogP contribution in [-0.4, -0.2) is 65.8 Å². The van der Waals surface area contributed by atoms with Crippen LogP contribution in [-0.2, 0) is 15.6 Å². The lowest BCUT2D eigenvalue weighted by Gasteiger charge is -2.27. The normalized spacial score (nSPS) is 20.8. The van der Waals surface area contributed by atoms with Gasteiger partial charge in [-0.2, -0.15) is 0 Å². The maximum atomic E-state index is 11.7. The molecule has 1 rings (SSSR count). The first-order valence-electron chi connectivity index (χ1n) is 6.10. The van der Waals surface area contributed by atoms with Gasteiger partial charge in [-0.3, -0.25) is 13.9 Å². The molecule has 0 spiro atoms. The molecule has 17 heavy (non-hydrogen) atoms. The van der Waals surface area contributed by atoms with Gasteiger partial charge in [0.2, 0.25) is 5.91 Å². The molecular formula is C11H23N3O2S. The summed E-state index contributed by atoms with van der Waals surface area (Å²) >= 11 is 0. The van der Waals surface area contributed by atoms with Crippen molar-refractivity contribution < 1.29 is 9.00 Å². The van der Waals surface area contributed by atoms with E-state index in [-0.39, 0.29) is 11.9 Å². The monoisotopic (exact) mass is 261 g/mol. The fourth-order valence-corrected chi connectivity index (χ4v) is 2.49. The van der Waals surface area contributed by atoms with Crippen LogP contribution >= 0.6 is 0 Å². The Kier molecular flexibility index (Phi) is 6.69. The Morgan fingerprint density at radius 2 is 2.12 bits per heavy atom. The number of carbonyl (C=O) groups excluding carboxylic acids is 1. The van der Waals surface area contributed by atoms with Crippen molar-refractivity contribution in [1.82, 2.24) is 15.5 Å². The van der Waals surface area contributed by atoms with Gasteiger partial charge >= 0.3 is 0 Å². The van der Waals surface area contributed by atoms with Crippen LogP contribution in [0, 0.1) is 0 Å². The second-order valence-electron chi connectivity index (χ2n) is 4.56. The van der Waals surface area contributed by atoms with Gasteiger partial charge in [-0.1, -0.05) is 0 Å². The average Bonchev–Trinajstić information content (AvgIpc) is 2.27. The van der Waals surface area contributed by atoms with Crippen molar-refractivity contribution in [2.75, 3.05) is 44.7 Å². The van der Waals surface area contributed by atoms with E-state index >= 15 is 0 Å². The molecule has 2 atom stereocenters. The summed E-state index contributed by atoms with van der Waals surface area (Å²) in [6.45, 7) is 6.21. The first kappa shape index (κ1) is 14.6. The third kappa shape index (κ3) is 6.75. The Morgan fingerprint density at radius 1 is 1.47 bits per heavy atom. The summed E-state index contributed by atoms with van der Waals surface area (Å²) in [5.74, 6) is 0.719. The maximum absolute atomic E-state index is 11.7. The van der Waals surface area contributed by atoms with E-state index in [2.05, 4.69) is 15.5 Å². The number of hydrogen-bond acceptors (Lipinski definition) is 4. The highest BCUT2D eigenvalue weighted by Gasteiger charge is 2.14. The quantitative estimate of drug-likeness (QED) is 0.655. The standard InChI is InChI=1S/C11H23N3O2S/c1-10(3-8-17(2)16)13-11(15)9-14-6-4-12-5-7-14/h10,12H,3-9H2,1-2H3,(H,13,15).